The van der Waals surface area contributed by atoms with Gasteiger partial charge in [-0.2, -0.15) is 0 Å². The van der Waals surface area contributed by atoms with Gasteiger partial charge in [0.1, 0.15) is 32.7 Å². The zero-order valence-corrected chi connectivity index (χ0v) is 11.2. The average molecular weight is 250 g/mol. The molecule has 0 aromatic heterocycles. The van der Waals surface area contributed by atoms with Crippen LogP contribution in [0.5, 0.6) is 0 Å². The van der Waals surface area contributed by atoms with Gasteiger partial charge in [0.05, 0.1) is 19.7 Å². The lowest BCUT2D eigenvalue weighted by Gasteiger charge is -2.27. The van der Waals surface area contributed by atoms with Gasteiger partial charge in [-0.3, -0.25) is 0 Å². The van der Waals surface area contributed by atoms with E-state index in [1.165, 1.54) is 38.9 Å². The van der Waals surface area contributed by atoms with Crippen LogP contribution in [0.3, 0.4) is 0 Å². The third kappa shape index (κ3) is 3.31. The minimum atomic E-state index is -0.267. The van der Waals surface area contributed by atoms with Crippen molar-refractivity contribution in [2.45, 2.75) is 6.54 Å². The van der Waals surface area contributed by atoms with Gasteiger partial charge in [0.2, 0.25) is 0 Å². The number of nitrogens with one attached hydrogen (secondary N) is 2. The van der Waals surface area contributed by atoms with Crippen molar-refractivity contribution in [3.63, 3.8) is 0 Å². The highest BCUT2D eigenvalue weighted by Crippen LogP contribution is 2.04. The Morgan fingerprint density at radius 1 is 1.17 bits per heavy atom. The van der Waals surface area contributed by atoms with Crippen LogP contribution in [0, 0.1) is 0 Å². The number of piperazine rings is 1. The van der Waals surface area contributed by atoms with Crippen LogP contribution in [0.4, 0.5) is 0 Å². The number of hydrogen-bond donors (Lipinski definition) is 2. The predicted molar refractivity (Wildman–Crippen MR) is 68.8 cm³/mol. The molecule has 0 atom stereocenters. The monoisotopic (exact) mass is 250 g/mol. The highest BCUT2D eigenvalue weighted by Gasteiger charge is 2.19. The number of esters is 1. The first-order chi connectivity index (χ1) is 8.69. The van der Waals surface area contributed by atoms with Gasteiger partial charge in [-0.05, 0) is 12.1 Å². The van der Waals surface area contributed by atoms with Gasteiger partial charge >= 0.3 is 5.97 Å². The fraction of sp³-hybridized carbons (Fsp3) is 0.500. The first kappa shape index (κ1) is 13.1. The molecule has 0 spiro atoms. The van der Waals surface area contributed by atoms with Crippen LogP contribution in [0.15, 0.2) is 24.3 Å². The molecule has 1 aliphatic heterocycles. The normalized spacial score (nSPS) is 23.7. The second-order valence-electron chi connectivity index (χ2n) is 5.07. The Bertz CT molecular complexity index is 395. The van der Waals surface area contributed by atoms with Gasteiger partial charge < -0.3 is 14.5 Å². The molecule has 0 unspecified atom stereocenters. The molecule has 2 N–H and O–H groups in total. The Hall–Kier alpha value is -1.39. The van der Waals surface area contributed by atoms with Gasteiger partial charge in [0.15, 0.2) is 0 Å². The molecular formula is C14H22N2O2+2. The molecule has 1 fully saturated rings. The molecule has 98 valence electrons. The number of quaternary nitrogens is 2. The summed E-state index contributed by atoms with van der Waals surface area (Å²) in [5.74, 6) is -0.267. The van der Waals surface area contributed by atoms with Crippen LogP contribution in [0.2, 0.25) is 0 Å². The summed E-state index contributed by atoms with van der Waals surface area (Å²) < 4.78 is 4.69. The van der Waals surface area contributed by atoms with E-state index < -0.39 is 0 Å². The fourth-order valence-electron chi connectivity index (χ4n) is 2.37. The SMILES string of the molecule is COC(=O)c1ccc(C[NH+]2CC[NH+](C)CC2)cc1. The fourth-order valence-corrected chi connectivity index (χ4v) is 2.37. The molecule has 2 rings (SSSR count). The van der Waals surface area contributed by atoms with Crippen molar-refractivity contribution in [3.8, 4) is 0 Å². The van der Waals surface area contributed by atoms with E-state index in [1.807, 2.05) is 24.3 Å². The Labute approximate surface area is 108 Å². The van der Waals surface area contributed by atoms with E-state index in [4.69, 9.17) is 4.74 Å². The van der Waals surface area contributed by atoms with E-state index in [-0.39, 0.29) is 5.97 Å². The average Bonchev–Trinajstić information content (AvgIpc) is 2.41. The Morgan fingerprint density at radius 3 is 2.33 bits per heavy atom. The topological polar surface area (TPSA) is 35.2 Å². The van der Waals surface area contributed by atoms with Crippen LogP contribution in [-0.2, 0) is 11.3 Å². The van der Waals surface area contributed by atoms with Gasteiger partial charge in [-0.25, -0.2) is 4.79 Å². The van der Waals surface area contributed by atoms with Crippen LogP contribution < -0.4 is 9.80 Å². The third-order valence-electron chi connectivity index (χ3n) is 3.64. The van der Waals surface area contributed by atoms with Gasteiger partial charge in [-0.1, -0.05) is 12.1 Å². The van der Waals surface area contributed by atoms with Crippen LogP contribution in [-0.4, -0.2) is 46.3 Å². The summed E-state index contributed by atoms with van der Waals surface area (Å²) in [6.07, 6.45) is 0. The summed E-state index contributed by atoms with van der Waals surface area (Å²) in [6.45, 7) is 6.00. The standard InChI is InChI=1S/C14H20N2O2/c1-15-7-9-16(10-8-15)11-12-3-5-13(6-4-12)14(17)18-2/h3-6H,7-11H2,1-2H3/p+2. The van der Waals surface area contributed by atoms with E-state index >= 15 is 0 Å². The van der Waals surface area contributed by atoms with Crippen molar-refractivity contribution in [3.05, 3.63) is 35.4 Å². The van der Waals surface area contributed by atoms with E-state index in [9.17, 15) is 4.79 Å². The second kappa shape index (κ2) is 5.98. The molecule has 1 heterocycles. The summed E-state index contributed by atoms with van der Waals surface area (Å²) >= 11 is 0. The Balaban J connectivity index is 1.92. The van der Waals surface area contributed by atoms with Crippen molar-refractivity contribution in [1.29, 1.82) is 0 Å². The molecule has 1 aliphatic rings. The van der Waals surface area contributed by atoms with Crippen molar-refractivity contribution in [1.82, 2.24) is 0 Å². The maximum Gasteiger partial charge on any atom is 0.337 e. The predicted octanol–water partition coefficient (Wildman–Crippen LogP) is -1.61. The Kier molecular flexibility index (Phi) is 4.33. The number of likely N-dealkylation sites (N-methyl/N-ethyl adjacent to an activating group) is 1. The lowest BCUT2D eigenvalue weighted by atomic mass is 10.1. The minimum Gasteiger partial charge on any atom is -0.465 e. The van der Waals surface area contributed by atoms with E-state index in [0.717, 1.165) is 6.54 Å². The summed E-state index contributed by atoms with van der Waals surface area (Å²) in [7, 11) is 3.66. The van der Waals surface area contributed by atoms with Crippen molar-refractivity contribution in [2.24, 2.45) is 0 Å². The molecule has 0 bridgehead atoms. The summed E-state index contributed by atoms with van der Waals surface area (Å²) in [4.78, 5) is 14.6. The van der Waals surface area contributed by atoms with Crippen molar-refractivity contribution in [2.75, 3.05) is 40.3 Å². The molecule has 0 amide bonds. The number of rotatable bonds is 3. The molecule has 0 aliphatic carbocycles. The van der Waals surface area contributed by atoms with Gasteiger partial charge in [0, 0.05) is 5.56 Å². The maximum atomic E-state index is 11.3. The van der Waals surface area contributed by atoms with E-state index in [0.29, 0.717) is 5.56 Å². The summed E-state index contributed by atoms with van der Waals surface area (Å²) in [6, 6.07) is 7.76. The first-order valence-electron chi connectivity index (χ1n) is 6.51. The van der Waals surface area contributed by atoms with E-state index in [1.54, 1.807) is 9.80 Å². The van der Waals surface area contributed by atoms with Gasteiger partial charge in [0.25, 0.3) is 0 Å². The van der Waals surface area contributed by atoms with Crippen LogP contribution >= 0.6 is 0 Å². The molecule has 0 saturated carbocycles. The molecule has 1 aromatic carbocycles. The van der Waals surface area contributed by atoms with Gasteiger partial charge in [-0.15, -0.1) is 0 Å². The molecule has 0 radical (unpaired) electrons. The number of methoxy groups -OCH3 is 1. The lowest BCUT2D eigenvalue weighted by molar-refractivity contribution is -1.01. The Morgan fingerprint density at radius 2 is 1.78 bits per heavy atom. The zero-order chi connectivity index (χ0) is 13.0. The molecule has 1 saturated heterocycles. The number of benzene rings is 1. The van der Waals surface area contributed by atoms with Crippen LogP contribution in [0.25, 0.3) is 0 Å². The lowest BCUT2D eigenvalue weighted by Crippen LogP contribution is -3.26. The number of carbonyl (C=O) groups is 1. The summed E-state index contributed by atoms with van der Waals surface area (Å²) in [5, 5.41) is 0. The second-order valence-corrected chi connectivity index (χ2v) is 5.07. The van der Waals surface area contributed by atoms with Crippen molar-refractivity contribution >= 4 is 5.97 Å². The van der Waals surface area contributed by atoms with Crippen molar-refractivity contribution < 1.29 is 19.3 Å². The molecule has 1 aromatic rings. The number of carbonyl (C=O) groups excluding carboxylic acids is 1. The molecule has 4 heteroatoms. The smallest absolute Gasteiger partial charge is 0.337 e. The first-order valence-corrected chi connectivity index (χ1v) is 6.51. The maximum absolute atomic E-state index is 11.3. The highest BCUT2D eigenvalue weighted by molar-refractivity contribution is 5.89. The molecular weight excluding hydrogens is 228 g/mol. The molecule has 4 nitrogen and oxygen atoms in total. The van der Waals surface area contributed by atoms with Crippen LogP contribution in [0.1, 0.15) is 15.9 Å². The highest BCUT2D eigenvalue weighted by atomic mass is 16.5. The largest absolute Gasteiger partial charge is 0.465 e. The summed E-state index contributed by atoms with van der Waals surface area (Å²) in [5.41, 5.74) is 1.91. The molecule has 18 heavy (non-hydrogen) atoms. The quantitative estimate of drug-likeness (QED) is 0.633. The zero-order valence-electron chi connectivity index (χ0n) is 11.2. The number of hydrogen-bond acceptors (Lipinski definition) is 2. The minimum absolute atomic E-state index is 0.267. The van der Waals surface area contributed by atoms with E-state index in [2.05, 4.69) is 7.05 Å². The third-order valence-corrected chi connectivity index (χ3v) is 3.64. The number of ether oxygens (including phenoxy) is 1.